The van der Waals surface area contributed by atoms with E-state index in [4.69, 9.17) is 12.2 Å². The summed E-state index contributed by atoms with van der Waals surface area (Å²) in [6.07, 6.45) is 8.62. The fraction of sp³-hybridized carbons (Fsp3) is 0.583. The molecule has 0 aliphatic heterocycles. The van der Waals surface area contributed by atoms with Crippen molar-refractivity contribution in [2.45, 2.75) is 45.2 Å². The molecule has 1 saturated carbocycles. The van der Waals surface area contributed by atoms with Gasteiger partial charge in [0.05, 0.1) is 24.1 Å². The van der Waals surface area contributed by atoms with Crippen LogP contribution in [-0.2, 0) is 6.54 Å². The lowest BCUT2D eigenvalue weighted by atomic mass is 10.3. The second-order valence-electron chi connectivity index (χ2n) is 4.46. The molecule has 2 N–H and O–H groups in total. The average molecular weight is 250 g/mol. The molecule has 0 unspecified atom stereocenters. The molecular formula is C12H18N4S. The maximum atomic E-state index is 5.25. The Labute approximate surface area is 107 Å². The molecule has 4 nitrogen and oxygen atoms in total. The minimum atomic E-state index is 0.555. The van der Waals surface area contributed by atoms with E-state index in [0.29, 0.717) is 12.6 Å². The van der Waals surface area contributed by atoms with Gasteiger partial charge in [0.25, 0.3) is 0 Å². The van der Waals surface area contributed by atoms with Crippen molar-refractivity contribution < 1.29 is 0 Å². The lowest BCUT2D eigenvalue weighted by molar-refractivity contribution is 0.620. The minimum Gasteiger partial charge on any atom is -0.360 e. The van der Waals surface area contributed by atoms with Gasteiger partial charge in [-0.3, -0.25) is 9.97 Å². The van der Waals surface area contributed by atoms with E-state index in [9.17, 15) is 0 Å². The molecule has 5 heteroatoms. The van der Waals surface area contributed by atoms with Gasteiger partial charge in [-0.2, -0.15) is 0 Å². The van der Waals surface area contributed by atoms with Gasteiger partial charge in [0.2, 0.25) is 0 Å². The van der Waals surface area contributed by atoms with E-state index in [1.165, 1.54) is 25.7 Å². The average Bonchev–Trinajstić information content (AvgIpc) is 2.81. The highest BCUT2D eigenvalue weighted by atomic mass is 32.1. The number of aryl methyl sites for hydroxylation is 1. The quantitative estimate of drug-likeness (QED) is 0.800. The van der Waals surface area contributed by atoms with Crippen molar-refractivity contribution >= 4 is 17.3 Å². The van der Waals surface area contributed by atoms with E-state index >= 15 is 0 Å². The van der Waals surface area contributed by atoms with Crippen LogP contribution in [0, 0.1) is 6.92 Å². The van der Waals surface area contributed by atoms with Crippen LogP contribution in [0.1, 0.15) is 37.1 Å². The lowest BCUT2D eigenvalue weighted by Gasteiger charge is -2.15. The van der Waals surface area contributed by atoms with Crippen molar-refractivity contribution in [3.63, 3.8) is 0 Å². The lowest BCUT2D eigenvalue weighted by Crippen LogP contribution is -2.40. The zero-order chi connectivity index (χ0) is 12.1. The number of nitrogens with one attached hydrogen (secondary N) is 2. The summed E-state index contributed by atoms with van der Waals surface area (Å²) in [5.74, 6) is 0. The first kappa shape index (κ1) is 12.2. The maximum absolute atomic E-state index is 5.25. The third-order valence-corrected chi connectivity index (χ3v) is 3.22. The predicted octanol–water partition coefficient (Wildman–Crippen LogP) is 1.69. The molecule has 0 radical (unpaired) electrons. The Morgan fingerprint density at radius 1 is 1.35 bits per heavy atom. The van der Waals surface area contributed by atoms with Gasteiger partial charge in [-0.25, -0.2) is 0 Å². The molecule has 1 aromatic heterocycles. The van der Waals surface area contributed by atoms with Crippen molar-refractivity contribution in [2.24, 2.45) is 0 Å². The summed E-state index contributed by atoms with van der Waals surface area (Å²) < 4.78 is 0. The van der Waals surface area contributed by atoms with Gasteiger partial charge in [-0.05, 0) is 32.0 Å². The van der Waals surface area contributed by atoms with Crippen LogP contribution in [0.4, 0.5) is 0 Å². The summed E-state index contributed by atoms with van der Waals surface area (Å²) in [5, 5.41) is 7.22. The third-order valence-electron chi connectivity index (χ3n) is 2.95. The van der Waals surface area contributed by atoms with Crippen molar-refractivity contribution in [1.29, 1.82) is 0 Å². The Hall–Kier alpha value is -1.23. The van der Waals surface area contributed by atoms with E-state index in [-0.39, 0.29) is 0 Å². The van der Waals surface area contributed by atoms with Crippen molar-refractivity contribution in [3.05, 3.63) is 23.8 Å². The third kappa shape index (κ3) is 3.93. The molecule has 0 amide bonds. The molecule has 17 heavy (non-hydrogen) atoms. The molecular weight excluding hydrogens is 232 g/mol. The molecule has 1 fully saturated rings. The van der Waals surface area contributed by atoms with Gasteiger partial charge in [0.15, 0.2) is 5.11 Å². The largest absolute Gasteiger partial charge is 0.360 e. The topological polar surface area (TPSA) is 49.8 Å². The zero-order valence-electron chi connectivity index (χ0n) is 10.1. The second-order valence-corrected chi connectivity index (χ2v) is 4.87. The fourth-order valence-corrected chi connectivity index (χ4v) is 2.23. The monoisotopic (exact) mass is 250 g/mol. The summed E-state index contributed by atoms with van der Waals surface area (Å²) in [6, 6.07) is 0.555. The smallest absolute Gasteiger partial charge is 0.166 e. The molecule has 1 aromatic rings. The van der Waals surface area contributed by atoms with Gasteiger partial charge < -0.3 is 10.6 Å². The van der Waals surface area contributed by atoms with Crippen LogP contribution in [0.15, 0.2) is 12.4 Å². The Morgan fingerprint density at radius 3 is 2.76 bits per heavy atom. The van der Waals surface area contributed by atoms with E-state index in [1.54, 1.807) is 12.4 Å². The van der Waals surface area contributed by atoms with Gasteiger partial charge in [0, 0.05) is 12.2 Å². The Bertz CT molecular complexity index is 371. The first-order chi connectivity index (χ1) is 8.24. The predicted molar refractivity (Wildman–Crippen MR) is 71.6 cm³/mol. The maximum Gasteiger partial charge on any atom is 0.166 e. The van der Waals surface area contributed by atoms with Gasteiger partial charge in [-0.15, -0.1) is 0 Å². The number of hydrogen-bond acceptors (Lipinski definition) is 3. The van der Waals surface area contributed by atoms with Crippen LogP contribution >= 0.6 is 12.2 Å². The molecule has 92 valence electrons. The summed E-state index contributed by atoms with van der Waals surface area (Å²) in [4.78, 5) is 8.46. The molecule has 1 aliphatic rings. The van der Waals surface area contributed by atoms with E-state index < -0.39 is 0 Å². The summed E-state index contributed by atoms with van der Waals surface area (Å²) >= 11 is 5.25. The van der Waals surface area contributed by atoms with Crippen LogP contribution in [0.3, 0.4) is 0 Å². The Morgan fingerprint density at radius 2 is 2.12 bits per heavy atom. The van der Waals surface area contributed by atoms with Crippen LogP contribution < -0.4 is 10.6 Å². The van der Waals surface area contributed by atoms with E-state index in [1.807, 2.05) is 6.92 Å². The first-order valence-electron chi connectivity index (χ1n) is 6.06. The van der Waals surface area contributed by atoms with Gasteiger partial charge in [-0.1, -0.05) is 12.8 Å². The van der Waals surface area contributed by atoms with Crippen molar-refractivity contribution in [1.82, 2.24) is 20.6 Å². The minimum absolute atomic E-state index is 0.555. The highest BCUT2D eigenvalue weighted by Gasteiger charge is 2.15. The number of rotatable bonds is 3. The van der Waals surface area contributed by atoms with Crippen LogP contribution in [-0.4, -0.2) is 21.1 Å². The molecule has 0 saturated heterocycles. The molecule has 0 spiro atoms. The number of nitrogens with zero attached hydrogens (tertiary/aromatic N) is 2. The first-order valence-corrected chi connectivity index (χ1v) is 6.47. The standard InChI is InChI=1S/C12H18N4S/c1-9-6-14-11(7-13-9)8-15-12(17)16-10-4-2-3-5-10/h6-7,10H,2-5,8H2,1H3,(H2,15,16,17). The van der Waals surface area contributed by atoms with E-state index in [2.05, 4.69) is 20.6 Å². The van der Waals surface area contributed by atoms with Gasteiger partial charge >= 0.3 is 0 Å². The number of aromatic nitrogens is 2. The van der Waals surface area contributed by atoms with Crippen LogP contribution in [0.2, 0.25) is 0 Å². The van der Waals surface area contributed by atoms with E-state index in [0.717, 1.165) is 16.5 Å². The van der Waals surface area contributed by atoms with Crippen molar-refractivity contribution in [2.75, 3.05) is 0 Å². The fourth-order valence-electron chi connectivity index (χ4n) is 1.99. The summed E-state index contributed by atoms with van der Waals surface area (Å²) in [7, 11) is 0. The second kappa shape index (κ2) is 5.91. The highest BCUT2D eigenvalue weighted by Crippen LogP contribution is 2.17. The molecule has 0 bridgehead atoms. The highest BCUT2D eigenvalue weighted by molar-refractivity contribution is 7.80. The molecule has 0 aromatic carbocycles. The van der Waals surface area contributed by atoms with Crippen LogP contribution in [0.25, 0.3) is 0 Å². The summed E-state index contributed by atoms with van der Waals surface area (Å²) in [6.45, 7) is 2.56. The summed E-state index contributed by atoms with van der Waals surface area (Å²) in [5.41, 5.74) is 1.84. The number of thiocarbonyl (C=S) groups is 1. The SMILES string of the molecule is Cc1cnc(CNC(=S)NC2CCCC2)cn1. The van der Waals surface area contributed by atoms with Crippen molar-refractivity contribution in [3.8, 4) is 0 Å². The molecule has 2 rings (SSSR count). The Kier molecular flexibility index (Phi) is 4.25. The zero-order valence-corrected chi connectivity index (χ0v) is 10.9. The van der Waals surface area contributed by atoms with Crippen LogP contribution in [0.5, 0.6) is 0 Å². The molecule has 1 heterocycles. The molecule has 1 aliphatic carbocycles. The normalized spacial score (nSPS) is 15.8. The molecule has 0 atom stereocenters. The Balaban J connectivity index is 1.73. The van der Waals surface area contributed by atoms with Gasteiger partial charge in [0.1, 0.15) is 0 Å². The number of hydrogen-bond donors (Lipinski definition) is 2.